The zero-order valence-electron chi connectivity index (χ0n) is 18.8. The minimum absolute atomic E-state index is 0.135. The number of aromatic nitrogens is 2. The molecular formula is C24H27N3O5. The van der Waals surface area contributed by atoms with Crippen molar-refractivity contribution in [2.75, 3.05) is 11.9 Å². The number of carbonyl (C=O) groups is 2. The van der Waals surface area contributed by atoms with E-state index in [9.17, 15) is 14.4 Å². The summed E-state index contributed by atoms with van der Waals surface area (Å²) in [5, 5.41) is 2.60. The molecule has 0 aliphatic carbocycles. The first-order valence-corrected chi connectivity index (χ1v) is 10.2. The number of esters is 1. The summed E-state index contributed by atoms with van der Waals surface area (Å²) in [6, 6.07) is 14.8. The molecule has 0 radical (unpaired) electrons. The van der Waals surface area contributed by atoms with Gasteiger partial charge in [-0.1, -0.05) is 36.4 Å². The molecule has 8 nitrogen and oxygen atoms in total. The maximum absolute atomic E-state index is 12.9. The fourth-order valence-corrected chi connectivity index (χ4v) is 3.38. The molecule has 1 N–H and O–H groups in total. The lowest BCUT2D eigenvalue weighted by Crippen LogP contribution is -2.33. The van der Waals surface area contributed by atoms with Crippen molar-refractivity contribution in [2.45, 2.75) is 33.8 Å². The Morgan fingerprint density at radius 3 is 2.25 bits per heavy atom. The van der Waals surface area contributed by atoms with Gasteiger partial charge in [-0.25, -0.2) is 9.48 Å². The van der Waals surface area contributed by atoms with Crippen LogP contribution in [-0.4, -0.2) is 34.0 Å². The summed E-state index contributed by atoms with van der Waals surface area (Å²) < 4.78 is 13.9. The van der Waals surface area contributed by atoms with E-state index >= 15 is 0 Å². The summed E-state index contributed by atoms with van der Waals surface area (Å²) in [4.78, 5) is 37.7. The Hall–Kier alpha value is -3.81. The molecule has 0 saturated heterocycles. The highest BCUT2D eigenvalue weighted by atomic mass is 16.6. The summed E-state index contributed by atoms with van der Waals surface area (Å²) >= 11 is 0. The summed E-state index contributed by atoms with van der Waals surface area (Å²) in [6.07, 6.45) is -1.10. The predicted molar refractivity (Wildman–Crippen MR) is 121 cm³/mol. The smallest absolute Gasteiger partial charge is 0.344 e. The van der Waals surface area contributed by atoms with Crippen LogP contribution in [0.3, 0.4) is 0 Å². The fraction of sp³-hybridized carbons (Fsp3) is 0.292. The molecule has 1 aromatic heterocycles. The van der Waals surface area contributed by atoms with Crippen molar-refractivity contribution in [1.29, 1.82) is 0 Å². The Morgan fingerprint density at radius 1 is 1.00 bits per heavy atom. The summed E-state index contributed by atoms with van der Waals surface area (Å²) in [6.45, 7) is 6.61. The maximum atomic E-state index is 12.9. The normalized spacial score (nSPS) is 11.7. The van der Waals surface area contributed by atoms with Gasteiger partial charge < -0.3 is 14.8 Å². The highest BCUT2D eigenvalue weighted by Gasteiger charge is 2.23. The van der Waals surface area contributed by atoms with E-state index in [-0.39, 0.29) is 17.9 Å². The van der Waals surface area contributed by atoms with Crippen LogP contribution in [0.2, 0.25) is 0 Å². The number of benzene rings is 2. The van der Waals surface area contributed by atoms with E-state index in [1.807, 2.05) is 50.2 Å². The van der Waals surface area contributed by atoms with Gasteiger partial charge in [0.05, 0.1) is 11.4 Å². The second-order valence-corrected chi connectivity index (χ2v) is 7.57. The molecule has 0 saturated carbocycles. The molecule has 3 aromatic rings. The predicted octanol–water partition coefficient (Wildman–Crippen LogP) is 3.05. The molecule has 8 heteroatoms. The number of nitrogens with one attached hydrogen (secondary N) is 1. The monoisotopic (exact) mass is 437 g/mol. The number of ether oxygens (including phenoxy) is 2. The van der Waals surface area contributed by atoms with E-state index in [1.54, 1.807) is 30.8 Å². The van der Waals surface area contributed by atoms with Gasteiger partial charge in [0.1, 0.15) is 11.4 Å². The summed E-state index contributed by atoms with van der Waals surface area (Å²) in [5.74, 6) is -0.666. The van der Waals surface area contributed by atoms with E-state index in [4.69, 9.17) is 9.47 Å². The van der Waals surface area contributed by atoms with E-state index in [0.29, 0.717) is 17.1 Å². The lowest BCUT2D eigenvalue weighted by atomic mass is 10.1. The molecular weight excluding hydrogens is 410 g/mol. The number of nitrogens with zero attached hydrogens (tertiary/aromatic N) is 2. The van der Waals surface area contributed by atoms with Crippen molar-refractivity contribution in [2.24, 2.45) is 7.05 Å². The molecule has 1 unspecified atom stereocenters. The van der Waals surface area contributed by atoms with Crippen molar-refractivity contribution < 1.29 is 19.1 Å². The summed E-state index contributed by atoms with van der Waals surface area (Å²) in [5.41, 5.74) is 2.81. The van der Waals surface area contributed by atoms with Crippen LogP contribution in [0.15, 0.2) is 53.3 Å². The molecule has 0 aliphatic rings. The maximum Gasteiger partial charge on any atom is 0.344 e. The fourth-order valence-electron chi connectivity index (χ4n) is 3.38. The molecule has 0 aliphatic heterocycles. The van der Waals surface area contributed by atoms with Crippen LogP contribution in [0, 0.1) is 20.8 Å². The Morgan fingerprint density at radius 2 is 1.62 bits per heavy atom. The van der Waals surface area contributed by atoms with Crippen LogP contribution >= 0.6 is 0 Å². The number of hydrogen-bond acceptors (Lipinski definition) is 5. The van der Waals surface area contributed by atoms with Gasteiger partial charge in [-0.3, -0.25) is 14.3 Å². The first-order chi connectivity index (χ1) is 15.2. The highest BCUT2D eigenvalue weighted by Crippen LogP contribution is 2.22. The van der Waals surface area contributed by atoms with Crippen molar-refractivity contribution in [3.63, 3.8) is 0 Å². The topological polar surface area (TPSA) is 91.6 Å². The highest BCUT2D eigenvalue weighted by molar-refractivity contribution is 5.95. The molecule has 3 rings (SSSR count). The van der Waals surface area contributed by atoms with Crippen LogP contribution in [-0.2, 0) is 21.4 Å². The third kappa shape index (κ3) is 4.74. The molecule has 2 aromatic carbocycles. The van der Waals surface area contributed by atoms with Crippen LogP contribution in [0.4, 0.5) is 5.69 Å². The summed E-state index contributed by atoms with van der Waals surface area (Å²) in [7, 11) is 1.73. The quantitative estimate of drug-likeness (QED) is 0.574. The van der Waals surface area contributed by atoms with Gasteiger partial charge in [0.25, 0.3) is 11.5 Å². The molecule has 1 atom stereocenters. The molecule has 1 amide bonds. The lowest BCUT2D eigenvalue weighted by molar-refractivity contribution is -0.155. The first kappa shape index (κ1) is 22.9. The van der Waals surface area contributed by atoms with Crippen molar-refractivity contribution in [3.05, 3.63) is 75.7 Å². The molecule has 168 valence electrons. The van der Waals surface area contributed by atoms with Gasteiger partial charge >= 0.3 is 5.97 Å². The third-order valence-electron chi connectivity index (χ3n) is 5.22. The number of hydrogen-bond donors (Lipinski definition) is 1. The van der Waals surface area contributed by atoms with E-state index in [0.717, 1.165) is 11.1 Å². The molecule has 32 heavy (non-hydrogen) atoms. The van der Waals surface area contributed by atoms with Crippen molar-refractivity contribution >= 4 is 17.6 Å². The Balaban J connectivity index is 1.66. The van der Waals surface area contributed by atoms with Crippen LogP contribution < -0.4 is 15.6 Å². The first-order valence-electron chi connectivity index (χ1n) is 10.2. The van der Waals surface area contributed by atoms with E-state index in [1.165, 1.54) is 11.6 Å². The second kappa shape index (κ2) is 9.55. The third-order valence-corrected chi connectivity index (χ3v) is 5.22. The van der Waals surface area contributed by atoms with Gasteiger partial charge in [-0.2, -0.15) is 0 Å². The minimum atomic E-state index is -1.10. The molecule has 1 heterocycles. The number of anilines is 1. The Labute approximate surface area is 186 Å². The molecule has 0 spiro atoms. The van der Waals surface area contributed by atoms with Gasteiger partial charge in [0, 0.05) is 7.05 Å². The standard InChI is InChI=1S/C24H27N3O5/c1-15-10-9-11-16(2)22(15)31-14-20(28)32-18(4)23(29)25-21-17(3)26(5)27(24(21)30)19-12-7-6-8-13-19/h6-13,18H,14H2,1-5H3,(H,25,29). The number of rotatable bonds is 7. The molecule has 0 fully saturated rings. The van der Waals surface area contributed by atoms with E-state index < -0.39 is 18.0 Å². The second-order valence-electron chi connectivity index (χ2n) is 7.57. The average molecular weight is 437 g/mol. The number of aryl methyl sites for hydroxylation is 2. The number of carbonyl (C=O) groups excluding carboxylic acids is 2. The largest absolute Gasteiger partial charge is 0.481 e. The van der Waals surface area contributed by atoms with Gasteiger partial charge in [-0.05, 0) is 51.0 Å². The van der Waals surface area contributed by atoms with Gasteiger partial charge in [-0.15, -0.1) is 0 Å². The van der Waals surface area contributed by atoms with Gasteiger partial charge in [0.2, 0.25) is 0 Å². The number of amides is 1. The van der Waals surface area contributed by atoms with Crippen molar-refractivity contribution in [1.82, 2.24) is 9.36 Å². The SMILES string of the molecule is Cc1cccc(C)c1OCC(=O)OC(C)C(=O)Nc1c(C)n(C)n(-c2ccccc2)c1=O. The zero-order valence-corrected chi connectivity index (χ0v) is 18.8. The number of para-hydroxylation sites is 2. The minimum Gasteiger partial charge on any atom is -0.481 e. The van der Waals surface area contributed by atoms with Crippen molar-refractivity contribution in [3.8, 4) is 11.4 Å². The lowest BCUT2D eigenvalue weighted by Gasteiger charge is -2.15. The average Bonchev–Trinajstić information content (AvgIpc) is 2.97. The van der Waals surface area contributed by atoms with Gasteiger partial charge in [0.15, 0.2) is 12.7 Å². The molecule has 0 bridgehead atoms. The van der Waals surface area contributed by atoms with Crippen LogP contribution in [0.1, 0.15) is 23.7 Å². The van der Waals surface area contributed by atoms with E-state index in [2.05, 4.69) is 5.32 Å². The Kier molecular flexibility index (Phi) is 6.82. The van der Waals surface area contributed by atoms with Crippen LogP contribution in [0.5, 0.6) is 5.75 Å². The Bertz CT molecular complexity index is 1170. The van der Waals surface area contributed by atoms with Crippen LogP contribution in [0.25, 0.3) is 5.69 Å². The zero-order chi connectivity index (χ0) is 23.4.